The average Bonchev–Trinajstić information content (AvgIpc) is 3.33. The first-order valence-corrected chi connectivity index (χ1v) is 12.5. The number of carbonyl (C=O) groups excluding carboxylic acids is 2. The van der Waals surface area contributed by atoms with Gasteiger partial charge in [-0.1, -0.05) is 53.5 Å². The Morgan fingerprint density at radius 1 is 1.00 bits per heavy atom. The van der Waals surface area contributed by atoms with E-state index in [1.807, 2.05) is 0 Å². The number of aromatic nitrogens is 2. The Morgan fingerprint density at radius 2 is 1.77 bits per heavy atom. The zero-order valence-corrected chi connectivity index (χ0v) is 21.9. The molecule has 5 N–H and O–H groups in total. The van der Waals surface area contributed by atoms with Gasteiger partial charge in [0.15, 0.2) is 0 Å². The van der Waals surface area contributed by atoms with E-state index < -0.39 is 24.6 Å². The predicted molar refractivity (Wildman–Crippen MR) is 148 cm³/mol. The highest BCUT2D eigenvalue weighted by Gasteiger charge is 2.17. The largest absolute Gasteiger partial charge is 0.394 e. The third-order valence-corrected chi connectivity index (χ3v) is 6.38. The Kier molecular flexibility index (Phi) is 9.15. The third-order valence-electron chi connectivity index (χ3n) is 5.57. The van der Waals surface area contributed by atoms with E-state index in [2.05, 4.69) is 21.0 Å². The van der Waals surface area contributed by atoms with Crippen LogP contribution in [0.4, 0.5) is 20.7 Å². The number of nitrogens with one attached hydrogen (secondary N) is 3. The van der Waals surface area contributed by atoms with Crippen molar-refractivity contribution in [2.45, 2.75) is 12.5 Å². The van der Waals surface area contributed by atoms with Gasteiger partial charge >= 0.3 is 6.03 Å². The number of anilines is 2. The van der Waals surface area contributed by atoms with Gasteiger partial charge < -0.3 is 20.8 Å². The third kappa shape index (κ3) is 7.12. The first-order chi connectivity index (χ1) is 18.7. The van der Waals surface area contributed by atoms with Crippen molar-refractivity contribution in [3.8, 4) is 16.9 Å². The number of aliphatic hydroxyl groups is 2. The molecular weight excluding hydrogens is 548 g/mol. The number of benzene rings is 3. The SMILES string of the molecule is O=C(Cc1cccc(-n2nc(-c3ccccc3F)cc2NC(=O)Nc2cccc(Cl)c2Cl)c1)NCC(O)CO. The average molecular weight is 572 g/mol. The van der Waals surface area contributed by atoms with Crippen LogP contribution in [0.5, 0.6) is 0 Å². The Morgan fingerprint density at radius 3 is 2.54 bits per heavy atom. The highest BCUT2D eigenvalue weighted by Crippen LogP contribution is 2.30. The molecule has 1 aromatic heterocycles. The minimum atomic E-state index is -1.05. The second kappa shape index (κ2) is 12.7. The molecule has 3 amide bonds. The minimum absolute atomic E-state index is 0.00998. The molecule has 0 aliphatic rings. The van der Waals surface area contributed by atoms with Crippen LogP contribution in [0.1, 0.15) is 5.56 Å². The van der Waals surface area contributed by atoms with Gasteiger partial charge in [-0.25, -0.2) is 13.9 Å². The van der Waals surface area contributed by atoms with Gasteiger partial charge in [-0.15, -0.1) is 0 Å². The van der Waals surface area contributed by atoms with E-state index in [0.29, 0.717) is 16.9 Å². The molecule has 3 aromatic carbocycles. The first kappa shape index (κ1) is 28.1. The number of amides is 3. The van der Waals surface area contributed by atoms with Crippen LogP contribution in [0.15, 0.2) is 72.8 Å². The molecule has 1 heterocycles. The van der Waals surface area contributed by atoms with Crippen LogP contribution in [-0.4, -0.2) is 51.2 Å². The van der Waals surface area contributed by atoms with E-state index in [4.69, 9.17) is 28.3 Å². The summed E-state index contributed by atoms with van der Waals surface area (Å²) in [6.07, 6.45) is -1.06. The van der Waals surface area contributed by atoms with Crippen LogP contribution in [0.25, 0.3) is 16.9 Å². The Bertz CT molecular complexity index is 1500. The summed E-state index contributed by atoms with van der Waals surface area (Å²) in [6, 6.07) is 18.6. The number of hydrogen-bond acceptors (Lipinski definition) is 5. The molecule has 4 aromatic rings. The van der Waals surface area contributed by atoms with Gasteiger partial charge in [0.1, 0.15) is 11.6 Å². The van der Waals surface area contributed by atoms with E-state index in [9.17, 15) is 19.1 Å². The molecule has 202 valence electrons. The van der Waals surface area contributed by atoms with Gasteiger partial charge in [0, 0.05) is 18.2 Å². The van der Waals surface area contributed by atoms with Crippen LogP contribution < -0.4 is 16.0 Å². The lowest BCUT2D eigenvalue weighted by atomic mass is 10.1. The summed E-state index contributed by atoms with van der Waals surface area (Å²) >= 11 is 12.2. The maximum Gasteiger partial charge on any atom is 0.324 e. The second-order valence-electron chi connectivity index (χ2n) is 8.47. The molecule has 9 nitrogen and oxygen atoms in total. The van der Waals surface area contributed by atoms with Gasteiger partial charge in [0.05, 0.1) is 46.2 Å². The van der Waals surface area contributed by atoms with Crippen molar-refractivity contribution in [1.82, 2.24) is 15.1 Å². The molecule has 1 unspecified atom stereocenters. The number of carbonyl (C=O) groups is 2. The first-order valence-electron chi connectivity index (χ1n) is 11.8. The lowest BCUT2D eigenvalue weighted by Gasteiger charge is -2.12. The van der Waals surface area contributed by atoms with Gasteiger partial charge in [-0.3, -0.25) is 10.1 Å². The van der Waals surface area contributed by atoms with Crippen molar-refractivity contribution in [3.05, 3.63) is 94.2 Å². The fourth-order valence-corrected chi connectivity index (χ4v) is 4.03. The summed E-state index contributed by atoms with van der Waals surface area (Å²) in [5.74, 6) is -0.626. The molecule has 12 heteroatoms. The minimum Gasteiger partial charge on any atom is -0.394 e. The van der Waals surface area contributed by atoms with Crippen molar-refractivity contribution in [3.63, 3.8) is 0 Å². The highest BCUT2D eigenvalue weighted by molar-refractivity contribution is 6.44. The molecule has 4 rings (SSSR count). The summed E-state index contributed by atoms with van der Waals surface area (Å²) in [5.41, 5.74) is 1.91. The zero-order chi connectivity index (χ0) is 27.9. The number of urea groups is 1. The normalized spacial score (nSPS) is 11.6. The zero-order valence-electron chi connectivity index (χ0n) is 20.4. The van der Waals surface area contributed by atoms with Crippen molar-refractivity contribution in [2.24, 2.45) is 0 Å². The summed E-state index contributed by atoms with van der Waals surface area (Å²) in [6.45, 7) is -0.549. The van der Waals surface area contributed by atoms with E-state index in [-0.39, 0.29) is 46.0 Å². The van der Waals surface area contributed by atoms with E-state index in [0.717, 1.165) is 0 Å². The number of hydrogen-bond donors (Lipinski definition) is 5. The Balaban J connectivity index is 1.63. The number of aliphatic hydroxyl groups excluding tert-OH is 2. The summed E-state index contributed by atoms with van der Waals surface area (Å²) in [5, 5.41) is 31.2. The summed E-state index contributed by atoms with van der Waals surface area (Å²) < 4.78 is 16.0. The predicted octanol–water partition coefficient (Wildman–Crippen LogP) is 4.64. The second-order valence-corrected chi connectivity index (χ2v) is 9.26. The van der Waals surface area contributed by atoms with E-state index >= 15 is 0 Å². The number of nitrogens with zero attached hydrogens (tertiary/aromatic N) is 2. The molecule has 0 bridgehead atoms. The summed E-state index contributed by atoms with van der Waals surface area (Å²) in [4.78, 5) is 25.2. The van der Waals surface area contributed by atoms with Gasteiger partial charge in [0.25, 0.3) is 0 Å². The van der Waals surface area contributed by atoms with E-state index in [1.165, 1.54) is 16.8 Å². The quantitative estimate of drug-likeness (QED) is 0.200. The maximum atomic E-state index is 14.6. The molecule has 0 saturated carbocycles. The van der Waals surface area contributed by atoms with Crippen LogP contribution in [-0.2, 0) is 11.2 Å². The molecule has 1 atom stereocenters. The lowest BCUT2D eigenvalue weighted by molar-refractivity contribution is -0.121. The van der Waals surface area contributed by atoms with Gasteiger partial charge in [-0.2, -0.15) is 5.10 Å². The number of halogens is 3. The topological polar surface area (TPSA) is 129 Å². The Labute approximate surface area is 233 Å². The molecule has 0 spiro atoms. The standard InChI is InChI=1S/C27H24Cl2FN5O4/c28-20-8-4-10-22(26(20)29)32-27(39)33-24-13-23(19-7-1-2-9-21(19)30)34-35(24)17-6-3-5-16(11-17)12-25(38)31-14-18(37)15-36/h1-11,13,18,36-37H,12,14-15H2,(H,31,38)(H2,32,33,39). The molecule has 0 aliphatic carbocycles. The van der Waals surface area contributed by atoms with Gasteiger partial charge in [-0.05, 0) is 42.0 Å². The van der Waals surface area contributed by atoms with Crippen molar-refractivity contribution >= 4 is 46.6 Å². The van der Waals surface area contributed by atoms with E-state index in [1.54, 1.807) is 60.7 Å². The van der Waals surface area contributed by atoms with Crippen LogP contribution >= 0.6 is 23.2 Å². The number of rotatable bonds is 9. The fourth-order valence-electron chi connectivity index (χ4n) is 3.68. The monoisotopic (exact) mass is 571 g/mol. The van der Waals surface area contributed by atoms with Crippen LogP contribution in [0.3, 0.4) is 0 Å². The van der Waals surface area contributed by atoms with Crippen LogP contribution in [0, 0.1) is 5.82 Å². The summed E-state index contributed by atoms with van der Waals surface area (Å²) in [7, 11) is 0. The van der Waals surface area contributed by atoms with Crippen LogP contribution in [0.2, 0.25) is 10.0 Å². The molecule has 0 saturated heterocycles. The van der Waals surface area contributed by atoms with Crippen molar-refractivity contribution in [2.75, 3.05) is 23.8 Å². The molecule has 0 radical (unpaired) electrons. The molecule has 0 aliphatic heterocycles. The maximum absolute atomic E-state index is 14.6. The van der Waals surface area contributed by atoms with Gasteiger partial charge in [0.2, 0.25) is 5.91 Å². The molecular formula is C27H24Cl2FN5O4. The lowest BCUT2D eigenvalue weighted by Crippen LogP contribution is -2.34. The fraction of sp³-hybridized carbons (Fsp3) is 0.148. The van der Waals surface area contributed by atoms with Crippen molar-refractivity contribution < 1.29 is 24.2 Å². The smallest absolute Gasteiger partial charge is 0.324 e. The molecule has 39 heavy (non-hydrogen) atoms. The Hall–Kier alpha value is -3.96. The van der Waals surface area contributed by atoms with Crippen molar-refractivity contribution in [1.29, 1.82) is 0 Å². The highest BCUT2D eigenvalue weighted by atomic mass is 35.5. The molecule has 0 fully saturated rings.